The van der Waals surface area contributed by atoms with Crippen LogP contribution in [-0.4, -0.2) is 243 Å². The summed E-state index contributed by atoms with van der Waals surface area (Å²) in [7, 11) is 0. The van der Waals surface area contributed by atoms with Crippen molar-refractivity contribution in [3.63, 3.8) is 0 Å². The molecule has 0 aliphatic heterocycles. The van der Waals surface area contributed by atoms with Crippen molar-refractivity contribution >= 4 is 135 Å². The zero-order chi connectivity index (χ0) is 95.5. The molecule has 0 bridgehead atoms. The monoisotopic (exact) mass is 1790 g/mol. The summed E-state index contributed by atoms with van der Waals surface area (Å²) in [4.78, 5) is 262. The van der Waals surface area contributed by atoms with Gasteiger partial charge in [-0.1, -0.05) is 123 Å². The summed E-state index contributed by atoms with van der Waals surface area (Å²) in [6.45, 7) is 14.8. The summed E-state index contributed by atoms with van der Waals surface area (Å²) in [5, 5.41) is 85.2. The van der Waals surface area contributed by atoms with E-state index in [1.807, 2.05) is 19.1 Å². The summed E-state index contributed by atoms with van der Waals surface area (Å²) in [6.07, 6.45) is -3.37. The van der Waals surface area contributed by atoms with Gasteiger partial charge in [-0.15, -0.1) is 0 Å². The molecule has 0 spiro atoms. The van der Waals surface area contributed by atoms with Crippen molar-refractivity contribution in [1.82, 2.24) is 90.1 Å². The molecule has 0 aliphatic rings. The molecule has 127 heavy (non-hydrogen) atoms. The second kappa shape index (κ2) is 54.9. The van der Waals surface area contributed by atoms with Crippen LogP contribution in [0.25, 0.3) is 10.9 Å². The predicted octanol–water partition coefficient (Wildman–Crippen LogP) is -3.92. The number of nitrogens with two attached hydrogens (primary N) is 4. The molecule has 0 saturated carbocycles. The number of carboxylic acids is 3. The molecule has 2 aromatic carbocycles. The SMILES string of the molecule is CC[C@H](C)[C@H](NC(C)=O)C(=O)N[C@@H](Cc1c[nH]c2ccccc12)C(=O)N[C@H](C(=O)N[C@@H](C)C(=O)N[C@@H](CCC(N)=O)C(=O)N[C@@H](CCC(=O)O)C(=O)N[C@@H](CC(C)C)C(=O)N[C@@H](CCCNC(=N)N)C(=O)N[C@@H](CCCNC(=N)N)C(=O)N[C@H](C(=O)NCC(=O)N[C@@H](CC(=O)O)C(=O)N[C@@H](CCC(=O)O)C(=O)N[C@@H](Cc1ccccc1)C(N)=O)[C@@H](C)CC)[C@@H](C)CC. The van der Waals surface area contributed by atoms with Gasteiger partial charge in [0, 0.05) is 69.2 Å². The van der Waals surface area contributed by atoms with E-state index in [2.05, 4.69) is 90.1 Å². The highest BCUT2D eigenvalue weighted by atomic mass is 16.4. The summed E-state index contributed by atoms with van der Waals surface area (Å²) < 4.78 is 0. The van der Waals surface area contributed by atoms with E-state index in [1.165, 1.54) is 20.8 Å². The molecular formula is C82H127N23O22. The average molecular weight is 1790 g/mol. The van der Waals surface area contributed by atoms with Gasteiger partial charge >= 0.3 is 17.9 Å². The third kappa shape index (κ3) is 39.5. The van der Waals surface area contributed by atoms with Gasteiger partial charge in [-0.05, 0) is 99.2 Å². The first-order valence-corrected chi connectivity index (χ1v) is 42.0. The maximum atomic E-state index is 14.8. The van der Waals surface area contributed by atoms with Crippen LogP contribution in [0.15, 0.2) is 60.8 Å². The molecule has 702 valence electrons. The number of carboxylic acid groups (broad SMARTS) is 3. The lowest BCUT2D eigenvalue weighted by Crippen LogP contribution is -2.61. The molecule has 16 atom stereocenters. The van der Waals surface area contributed by atoms with Crippen molar-refractivity contribution in [2.24, 2.45) is 46.6 Å². The molecule has 45 heteroatoms. The second-order valence-corrected chi connectivity index (χ2v) is 31.6. The molecule has 1 aromatic heterocycles. The van der Waals surface area contributed by atoms with Crippen LogP contribution < -0.4 is 108 Å². The van der Waals surface area contributed by atoms with Gasteiger partial charge in [-0.25, -0.2) is 0 Å². The number of aliphatic carboxylic acids is 3. The summed E-state index contributed by atoms with van der Waals surface area (Å²) in [5.74, 6) is -23.6. The quantitative estimate of drug-likeness (QED) is 0.0146. The van der Waals surface area contributed by atoms with Crippen molar-refractivity contribution in [3.8, 4) is 0 Å². The third-order valence-corrected chi connectivity index (χ3v) is 20.8. The number of carbonyl (C=O) groups is 19. The highest BCUT2D eigenvalue weighted by Crippen LogP contribution is 2.22. The smallest absolute Gasteiger partial charge is 0.305 e. The Morgan fingerprint density at radius 3 is 1.24 bits per heavy atom. The number of primary amides is 2. The van der Waals surface area contributed by atoms with E-state index in [-0.39, 0.29) is 76.8 Å². The van der Waals surface area contributed by atoms with Crippen molar-refractivity contribution in [3.05, 3.63) is 71.9 Å². The first-order valence-electron chi connectivity index (χ1n) is 42.0. The third-order valence-electron chi connectivity index (χ3n) is 20.8. The lowest BCUT2D eigenvalue weighted by atomic mass is 9.95. The van der Waals surface area contributed by atoms with E-state index in [0.29, 0.717) is 17.5 Å². The van der Waals surface area contributed by atoms with Gasteiger partial charge < -0.3 is 128 Å². The zero-order valence-corrected chi connectivity index (χ0v) is 73.1. The fourth-order valence-electron chi connectivity index (χ4n) is 13.0. The second-order valence-electron chi connectivity index (χ2n) is 31.6. The van der Waals surface area contributed by atoms with E-state index < -0.39 is 272 Å². The molecule has 0 radical (unpaired) electrons. The van der Waals surface area contributed by atoms with E-state index in [1.54, 1.807) is 90.2 Å². The minimum absolute atomic E-state index is 0.0144. The number of fused-ring (bicyclic) bond motifs is 1. The lowest BCUT2D eigenvalue weighted by molar-refractivity contribution is -0.141. The maximum Gasteiger partial charge on any atom is 0.305 e. The van der Waals surface area contributed by atoms with Crippen molar-refractivity contribution in [2.45, 2.75) is 257 Å². The molecular weight excluding hydrogens is 1660 g/mol. The molecule has 16 amide bonds. The number of para-hydroxylation sites is 1. The molecule has 0 unspecified atom stereocenters. The number of amides is 16. The van der Waals surface area contributed by atoms with E-state index in [9.17, 15) is 106 Å². The molecule has 0 fully saturated rings. The highest BCUT2D eigenvalue weighted by Gasteiger charge is 2.40. The molecule has 1 heterocycles. The lowest BCUT2D eigenvalue weighted by Gasteiger charge is -2.30. The van der Waals surface area contributed by atoms with Crippen LogP contribution in [0.1, 0.15) is 177 Å². The number of aromatic amines is 1. The minimum atomic E-state index is -1.98. The van der Waals surface area contributed by atoms with Gasteiger partial charge in [0.05, 0.1) is 13.0 Å². The van der Waals surface area contributed by atoms with Crippen molar-refractivity contribution in [2.75, 3.05) is 19.6 Å². The average Bonchev–Trinajstić information content (AvgIpc) is 1.71. The Balaban J connectivity index is 1.95. The van der Waals surface area contributed by atoms with Gasteiger partial charge in [-0.2, -0.15) is 0 Å². The summed E-state index contributed by atoms with van der Waals surface area (Å²) >= 11 is 0. The van der Waals surface area contributed by atoms with Crippen LogP contribution in [0, 0.1) is 34.5 Å². The number of hydrogen-bond acceptors (Lipinski definition) is 21. The standard InChI is InChI=1S/C82H127N23O22/c1-11-42(6)65(78(125)92-40-61(108)95-59(38-64(113)114)76(123)100-54(28-31-62(109)110)72(119)101-56(68(84)115)36-47-21-15-14-16-22-47)104-74(121)52(26-20-34-90-82(87)88)97-70(117)51(25-19-33-89-81(85)86)98-75(122)57(35-41(4)5)102-73(120)55(29-32-63(111)112)99-71(118)53(27-30-60(83)107)96-69(116)45(9)93-79(126)67(44(8)13-3)105-77(124)58(37-48-39-91-50-24-18-17-23-49(48)50)103-80(127)66(43(7)12-2)94-46(10)106/h14-18,21-24,39,41-45,51-59,65-67,91H,11-13,19-20,25-38,40H2,1-10H3,(H2,83,107)(H2,84,115)(H,92,125)(H,93,126)(H,94,106)(H,95,108)(H,96,116)(H,97,117)(H,98,122)(H,99,118)(H,100,123)(H,101,119)(H,102,120)(H,103,127)(H,104,121)(H,105,124)(H,109,110)(H,111,112)(H,113,114)(H4,85,86,89)(H4,87,88,90)/t42-,43-,44-,45-,51-,52-,53-,54-,55-,56-,57-,58-,59-,65-,66-,67-/m0/s1. The first-order chi connectivity index (χ1) is 59.8. The molecule has 0 aliphatic carbocycles. The van der Waals surface area contributed by atoms with Gasteiger partial charge in [-0.3, -0.25) is 102 Å². The van der Waals surface area contributed by atoms with Crippen LogP contribution in [0.3, 0.4) is 0 Å². The Labute approximate surface area is 734 Å². The normalized spacial score (nSPS) is 14.8. The maximum absolute atomic E-state index is 14.8. The molecule has 3 aromatic rings. The fraction of sp³-hybridized carbons (Fsp3) is 0.573. The van der Waals surface area contributed by atoms with Gasteiger partial charge in [0.2, 0.25) is 94.5 Å². The topological polar surface area (TPSA) is 745 Å². The Hall–Kier alpha value is -13.6. The number of aromatic nitrogens is 1. The van der Waals surface area contributed by atoms with Crippen molar-refractivity contribution in [1.29, 1.82) is 10.8 Å². The van der Waals surface area contributed by atoms with Crippen molar-refractivity contribution < 1.29 is 106 Å². The fourth-order valence-corrected chi connectivity index (χ4v) is 13.0. The molecule has 0 saturated heterocycles. The largest absolute Gasteiger partial charge is 0.481 e. The Morgan fingerprint density at radius 1 is 0.394 bits per heavy atom. The number of H-pyrrole nitrogens is 1. The van der Waals surface area contributed by atoms with Crippen LogP contribution >= 0.6 is 0 Å². The Kier molecular flexibility index (Phi) is 46.6. The van der Waals surface area contributed by atoms with Crippen LogP contribution in [0.5, 0.6) is 0 Å². The highest BCUT2D eigenvalue weighted by molar-refractivity contribution is 6.01. The predicted molar refractivity (Wildman–Crippen MR) is 461 cm³/mol. The number of benzene rings is 2. The van der Waals surface area contributed by atoms with E-state index in [0.717, 1.165) is 10.9 Å². The van der Waals surface area contributed by atoms with Crippen LogP contribution in [0.2, 0.25) is 0 Å². The molecule has 45 nitrogen and oxygen atoms in total. The molecule has 30 N–H and O–H groups in total. The first kappa shape index (κ1) is 108. The van der Waals surface area contributed by atoms with Crippen LogP contribution in [-0.2, 0) is 104 Å². The Morgan fingerprint density at radius 2 is 0.787 bits per heavy atom. The number of rotatable bonds is 59. The van der Waals surface area contributed by atoms with Gasteiger partial charge in [0.25, 0.3) is 0 Å². The summed E-state index contributed by atoms with van der Waals surface area (Å²) in [5.41, 5.74) is 24.1. The molecule has 3 rings (SSSR count). The number of nitrogens with one attached hydrogen (secondary N) is 19. The number of guanidine groups is 2. The van der Waals surface area contributed by atoms with E-state index >= 15 is 0 Å². The number of carbonyl (C=O) groups excluding carboxylic acids is 16. The summed E-state index contributed by atoms with van der Waals surface area (Å²) in [6, 6.07) is -4.88. The zero-order valence-electron chi connectivity index (χ0n) is 73.1. The minimum Gasteiger partial charge on any atom is -0.481 e. The van der Waals surface area contributed by atoms with Crippen LogP contribution in [0.4, 0.5) is 0 Å². The van der Waals surface area contributed by atoms with Gasteiger partial charge in [0.1, 0.15) is 78.5 Å². The van der Waals surface area contributed by atoms with Gasteiger partial charge in [0.15, 0.2) is 11.9 Å². The van der Waals surface area contributed by atoms with E-state index in [4.69, 9.17) is 33.8 Å². The Bertz CT molecular complexity index is 4340. The number of hydrogen-bond donors (Lipinski definition) is 26.